The van der Waals surface area contributed by atoms with Crippen molar-refractivity contribution in [2.75, 3.05) is 6.67 Å². The van der Waals surface area contributed by atoms with Crippen molar-refractivity contribution in [3.8, 4) is 0 Å². The van der Waals surface area contributed by atoms with Gasteiger partial charge in [-0.3, -0.25) is 4.39 Å². The predicted octanol–water partition coefficient (Wildman–Crippen LogP) is 7.76. The number of hydrogen-bond acceptors (Lipinski definition) is 0. The molecular weight excluding hydrogens is 357 g/mol. The maximum atomic E-state index is 13.7. The molecule has 0 unspecified atom stereocenters. The summed E-state index contributed by atoms with van der Waals surface area (Å²) < 4.78 is 38.5. The molecule has 0 atom stereocenters. The van der Waals surface area contributed by atoms with Crippen molar-refractivity contribution in [3.05, 3.63) is 47.3 Å². The van der Waals surface area contributed by atoms with Crippen molar-refractivity contribution in [2.24, 2.45) is 23.7 Å². The maximum absolute atomic E-state index is 13.7. The van der Waals surface area contributed by atoms with Crippen LogP contribution >= 0.6 is 0 Å². The van der Waals surface area contributed by atoms with E-state index in [2.05, 4.69) is 6.08 Å². The van der Waals surface area contributed by atoms with Crippen LogP contribution in [0.3, 0.4) is 0 Å². The van der Waals surface area contributed by atoms with Gasteiger partial charge in [0, 0.05) is 5.56 Å². The molecule has 3 rings (SSSR count). The fourth-order valence-corrected chi connectivity index (χ4v) is 5.33. The summed E-state index contributed by atoms with van der Waals surface area (Å²) in [6.07, 6.45) is 17.3. The van der Waals surface area contributed by atoms with Crippen LogP contribution in [-0.2, 0) is 13.1 Å². The van der Waals surface area contributed by atoms with E-state index in [1.165, 1.54) is 57.4 Å². The molecular formula is C25H35F3. The van der Waals surface area contributed by atoms with E-state index < -0.39 is 12.5 Å². The minimum atomic E-state index is -0.730. The Kier molecular flexibility index (Phi) is 8.48. The van der Waals surface area contributed by atoms with Gasteiger partial charge in [0.1, 0.15) is 12.5 Å². The zero-order valence-corrected chi connectivity index (χ0v) is 17.0. The molecule has 0 nitrogen and oxygen atoms in total. The Morgan fingerprint density at radius 2 is 1.57 bits per heavy atom. The Hall–Kier alpha value is -1.25. The second-order valence-electron chi connectivity index (χ2n) is 8.96. The van der Waals surface area contributed by atoms with Gasteiger partial charge in [-0.05, 0) is 93.1 Å². The van der Waals surface area contributed by atoms with E-state index in [1.54, 1.807) is 6.07 Å². The van der Waals surface area contributed by atoms with Crippen LogP contribution < -0.4 is 0 Å². The highest BCUT2D eigenvalue weighted by Gasteiger charge is 2.30. The Bertz CT molecular complexity index is 608. The first kappa shape index (κ1) is 21.5. The van der Waals surface area contributed by atoms with Crippen LogP contribution in [-0.4, -0.2) is 6.67 Å². The van der Waals surface area contributed by atoms with Gasteiger partial charge in [-0.2, -0.15) is 0 Å². The van der Waals surface area contributed by atoms with Crippen molar-refractivity contribution in [1.29, 1.82) is 0 Å². The van der Waals surface area contributed by atoms with Crippen LogP contribution in [0.25, 0.3) is 0 Å². The summed E-state index contributed by atoms with van der Waals surface area (Å²) in [6.45, 7) is -0.973. The van der Waals surface area contributed by atoms with E-state index in [0.29, 0.717) is 12.3 Å². The van der Waals surface area contributed by atoms with Gasteiger partial charge in [0.05, 0.1) is 6.67 Å². The Balaban J connectivity index is 1.36. The number of alkyl halides is 2. The molecule has 0 saturated heterocycles. The van der Waals surface area contributed by atoms with Crippen LogP contribution in [0.5, 0.6) is 0 Å². The largest absolute Gasteiger partial charge is 0.251 e. The third kappa shape index (κ3) is 6.12. The van der Waals surface area contributed by atoms with E-state index in [1.807, 2.05) is 12.1 Å². The van der Waals surface area contributed by atoms with E-state index in [4.69, 9.17) is 0 Å². The molecule has 0 radical (unpaired) electrons. The van der Waals surface area contributed by atoms with Crippen molar-refractivity contribution >= 4 is 0 Å². The van der Waals surface area contributed by atoms with Gasteiger partial charge in [-0.15, -0.1) is 0 Å². The third-order valence-electron chi connectivity index (χ3n) is 7.16. The number of benzene rings is 1. The lowest BCUT2D eigenvalue weighted by atomic mass is 9.68. The minimum absolute atomic E-state index is 0.164. The Morgan fingerprint density at radius 3 is 2.18 bits per heavy atom. The molecule has 0 bridgehead atoms. The van der Waals surface area contributed by atoms with Gasteiger partial charge in [0.25, 0.3) is 0 Å². The van der Waals surface area contributed by atoms with Crippen molar-refractivity contribution in [3.63, 3.8) is 0 Å². The van der Waals surface area contributed by atoms with Gasteiger partial charge in [0.2, 0.25) is 0 Å². The number of allylic oxidation sites excluding steroid dienone is 2. The summed E-state index contributed by atoms with van der Waals surface area (Å²) in [4.78, 5) is 0. The van der Waals surface area contributed by atoms with E-state index in [9.17, 15) is 13.2 Å². The van der Waals surface area contributed by atoms with Crippen LogP contribution in [0, 0.1) is 29.5 Å². The first-order valence-corrected chi connectivity index (χ1v) is 11.3. The minimum Gasteiger partial charge on any atom is -0.251 e. The molecule has 0 spiro atoms. The summed E-state index contributed by atoms with van der Waals surface area (Å²) in [6, 6.07) is 4.98. The van der Waals surface area contributed by atoms with Gasteiger partial charge < -0.3 is 0 Å². The zero-order valence-electron chi connectivity index (χ0n) is 17.0. The maximum Gasteiger partial charge on any atom is 0.129 e. The van der Waals surface area contributed by atoms with Crippen LogP contribution in [0.15, 0.2) is 30.4 Å². The first-order chi connectivity index (χ1) is 13.7. The highest BCUT2D eigenvalue weighted by molar-refractivity contribution is 5.24. The Morgan fingerprint density at radius 1 is 0.893 bits per heavy atom. The normalized spacial score (nSPS) is 28.7. The molecule has 2 saturated carbocycles. The summed E-state index contributed by atoms with van der Waals surface area (Å²) in [7, 11) is 0. The third-order valence-corrected chi connectivity index (χ3v) is 7.16. The molecule has 0 aliphatic heterocycles. The molecule has 0 aromatic heterocycles. The average molecular weight is 393 g/mol. The lowest BCUT2D eigenvalue weighted by molar-refractivity contribution is 0.152. The molecule has 1 aromatic carbocycles. The molecule has 2 aliphatic rings. The lowest BCUT2D eigenvalue weighted by Gasteiger charge is -2.37. The smallest absolute Gasteiger partial charge is 0.129 e. The van der Waals surface area contributed by atoms with E-state index in [-0.39, 0.29) is 12.2 Å². The van der Waals surface area contributed by atoms with Gasteiger partial charge >= 0.3 is 0 Å². The predicted molar refractivity (Wildman–Crippen MR) is 110 cm³/mol. The SMILES string of the molecule is FCCC=CC1CCC(C2CCC(CCc3ccc(CF)c(F)c3)CC2)CC1. The molecule has 1 aromatic rings. The van der Waals surface area contributed by atoms with E-state index in [0.717, 1.165) is 36.2 Å². The monoisotopic (exact) mass is 392 g/mol. The first-order valence-electron chi connectivity index (χ1n) is 11.3. The molecule has 28 heavy (non-hydrogen) atoms. The fraction of sp³-hybridized carbons (Fsp3) is 0.680. The zero-order chi connectivity index (χ0) is 19.8. The summed E-state index contributed by atoms with van der Waals surface area (Å²) in [5.74, 6) is 2.78. The van der Waals surface area contributed by atoms with Crippen molar-refractivity contribution < 1.29 is 13.2 Å². The highest BCUT2D eigenvalue weighted by atomic mass is 19.1. The summed E-state index contributed by atoms with van der Waals surface area (Å²) >= 11 is 0. The van der Waals surface area contributed by atoms with Crippen molar-refractivity contribution in [1.82, 2.24) is 0 Å². The van der Waals surface area contributed by atoms with Crippen LogP contribution in [0.1, 0.15) is 75.3 Å². The topological polar surface area (TPSA) is 0 Å². The van der Waals surface area contributed by atoms with Gasteiger partial charge in [-0.1, -0.05) is 37.1 Å². The number of rotatable bonds is 8. The quantitative estimate of drug-likeness (QED) is 0.397. The van der Waals surface area contributed by atoms with E-state index >= 15 is 0 Å². The molecule has 2 fully saturated rings. The molecule has 0 amide bonds. The molecule has 2 aliphatic carbocycles. The number of halogens is 3. The van der Waals surface area contributed by atoms with Gasteiger partial charge in [-0.25, -0.2) is 8.78 Å². The summed E-state index contributed by atoms with van der Waals surface area (Å²) in [5, 5.41) is 0. The number of aryl methyl sites for hydroxylation is 1. The fourth-order valence-electron chi connectivity index (χ4n) is 5.33. The van der Waals surface area contributed by atoms with Crippen LogP contribution in [0.2, 0.25) is 0 Å². The lowest BCUT2D eigenvalue weighted by Crippen LogP contribution is -2.25. The van der Waals surface area contributed by atoms with Gasteiger partial charge in [0.15, 0.2) is 0 Å². The highest BCUT2D eigenvalue weighted by Crippen LogP contribution is 2.42. The Labute approximate surface area is 168 Å². The summed E-state index contributed by atoms with van der Waals surface area (Å²) in [5.41, 5.74) is 1.16. The molecule has 0 heterocycles. The van der Waals surface area contributed by atoms with Crippen molar-refractivity contribution in [2.45, 2.75) is 77.3 Å². The average Bonchev–Trinajstić information content (AvgIpc) is 2.73. The molecule has 3 heteroatoms. The molecule has 0 N–H and O–H groups in total. The van der Waals surface area contributed by atoms with Crippen LogP contribution in [0.4, 0.5) is 13.2 Å². The molecule has 156 valence electrons. The standard InChI is InChI=1S/C25H35F3/c26-16-2-1-3-19-6-11-22(12-7-19)23-13-8-20(9-14-23)4-5-21-10-15-24(18-27)25(28)17-21/h1,3,10,15,17,19-20,22-23H,2,4-9,11-14,16,18H2. The second-order valence-corrected chi connectivity index (χ2v) is 8.96. The second kappa shape index (κ2) is 11.1. The number of hydrogen-bond donors (Lipinski definition) is 0.